The van der Waals surface area contributed by atoms with Gasteiger partial charge in [0.1, 0.15) is 16.8 Å². The van der Waals surface area contributed by atoms with Crippen LogP contribution >= 0.6 is 23.5 Å². The van der Waals surface area contributed by atoms with Gasteiger partial charge in [0.15, 0.2) is 15.9 Å². The van der Waals surface area contributed by atoms with E-state index in [1.807, 2.05) is 60.7 Å². The molecule has 3 heterocycles. The number of fused-ring (bicyclic) bond motifs is 1. The van der Waals surface area contributed by atoms with Crippen molar-refractivity contribution < 1.29 is 32.3 Å². The summed E-state index contributed by atoms with van der Waals surface area (Å²) >= 11 is 2.51. The van der Waals surface area contributed by atoms with Crippen molar-refractivity contribution in [2.75, 3.05) is 30.1 Å². The minimum atomic E-state index is -3.91. The van der Waals surface area contributed by atoms with Crippen LogP contribution in [0.25, 0.3) is 0 Å². The van der Waals surface area contributed by atoms with E-state index in [9.17, 15) is 22.8 Å². The van der Waals surface area contributed by atoms with Crippen molar-refractivity contribution in [1.82, 2.24) is 30.4 Å². The number of amides is 2. The molecular formula is C29H29N7O7S3. The van der Waals surface area contributed by atoms with E-state index in [2.05, 4.69) is 20.8 Å². The molecular weight excluding hydrogens is 655 g/mol. The zero-order valence-electron chi connectivity index (χ0n) is 24.7. The van der Waals surface area contributed by atoms with Gasteiger partial charge in [-0.05, 0) is 27.1 Å². The largest absolute Gasteiger partial charge is 0.448 e. The molecule has 2 aliphatic rings. The van der Waals surface area contributed by atoms with Crippen molar-refractivity contribution in [3.63, 3.8) is 0 Å². The first kappa shape index (κ1) is 33.1. The molecule has 1 saturated heterocycles. The van der Waals surface area contributed by atoms with Crippen molar-refractivity contribution in [3.05, 3.63) is 83.1 Å². The Morgan fingerprint density at radius 3 is 2.39 bits per heavy atom. The van der Waals surface area contributed by atoms with Gasteiger partial charge in [-0.25, -0.2) is 17.9 Å². The Bertz CT molecular complexity index is 1760. The van der Waals surface area contributed by atoms with Gasteiger partial charge in [-0.2, -0.15) is 5.26 Å². The van der Waals surface area contributed by atoms with E-state index in [0.717, 1.165) is 11.1 Å². The predicted molar refractivity (Wildman–Crippen MR) is 167 cm³/mol. The number of carbonyl (C=O) groups excluding carboxylic acids is 3. The molecule has 1 fully saturated rings. The number of aromatic nitrogens is 4. The number of nitriles is 1. The summed E-state index contributed by atoms with van der Waals surface area (Å²) in [7, 11) is -1.02. The lowest BCUT2D eigenvalue weighted by Gasteiger charge is -2.56. The van der Waals surface area contributed by atoms with Gasteiger partial charge in [0.25, 0.3) is 11.6 Å². The number of carbonyl (C=O) groups is 3. The van der Waals surface area contributed by atoms with Gasteiger partial charge in [-0.1, -0.05) is 72.4 Å². The third-order valence-electron chi connectivity index (χ3n) is 7.21. The fourth-order valence-electron chi connectivity index (χ4n) is 5.00. The van der Waals surface area contributed by atoms with Gasteiger partial charge in [-0.3, -0.25) is 14.5 Å². The summed E-state index contributed by atoms with van der Waals surface area (Å²) in [6, 6.07) is 20.1. The topological polar surface area (TPSA) is 186 Å². The summed E-state index contributed by atoms with van der Waals surface area (Å²) < 4.78 is 37.8. The molecule has 0 spiro atoms. The molecule has 46 heavy (non-hydrogen) atoms. The highest BCUT2D eigenvalue weighted by molar-refractivity contribution is 8.01. The highest BCUT2D eigenvalue weighted by atomic mass is 32.2. The Balaban J connectivity index is 1.46. The van der Waals surface area contributed by atoms with Crippen molar-refractivity contribution in [1.29, 1.82) is 5.26 Å². The van der Waals surface area contributed by atoms with E-state index in [0.29, 0.717) is 10.7 Å². The molecule has 5 rings (SSSR count). The molecule has 2 atom stereocenters. The Labute approximate surface area is 273 Å². The number of sulfone groups is 1. The van der Waals surface area contributed by atoms with Gasteiger partial charge >= 0.3 is 5.97 Å². The molecule has 0 aliphatic carbocycles. The smallest absolute Gasteiger partial charge is 0.356 e. The van der Waals surface area contributed by atoms with E-state index < -0.39 is 56.3 Å². The van der Waals surface area contributed by atoms with Crippen LogP contribution in [0.15, 0.2) is 77.1 Å². The van der Waals surface area contributed by atoms with E-state index in [4.69, 9.17) is 14.7 Å². The van der Waals surface area contributed by atoms with E-state index in [-0.39, 0.29) is 23.6 Å². The number of nitrogens with zero attached hydrogens (tertiary/aromatic N) is 6. The molecule has 1 N–H and O–H groups in total. The number of rotatable bonds is 13. The van der Waals surface area contributed by atoms with Crippen LogP contribution in [0.1, 0.15) is 23.7 Å². The molecule has 0 bridgehead atoms. The summed E-state index contributed by atoms with van der Waals surface area (Å²) in [5.74, 6) is -3.43. The minimum Gasteiger partial charge on any atom is -0.448 e. The molecule has 1 aromatic heterocycles. The van der Waals surface area contributed by atoms with Crippen molar-refractivity contribution in [2.24, 2.45) is 7.05 Å². The number of thioether (sulfide) groups is 2. The molecule has 0 radical (unpaired) electrons. The molecule has 240 valence electrons. The average Bonchev–Trinajstić information content (AvgIpc) is 3.48. The highest BCUT2D eigenvalue weighted by Gasteiger charge is 2.67. The first-order valence-electron chi connectivity index (χ1n) is 13.9. The number of ether oxygens (including phenoxy) is 2. The number of hydrogen-bond acceptors (Lipinski definition) is 13. The van der Waals surface area contributed by atoms with Crippen LogP contribution in [-0.4, -0.2) is 92.5 Å². The number of esters is 1. The highest BCUT2D eigenvalue weighted by Crippen LogP contribution is 2.48. The normalized spacial score (nSPS) is 19.3. The summed E-state index contributed by atoms with van der Waals surface area (Å²) in [5.41, 5.74) is 0.0788. The number of methoxy groups -OCH3 is 1. The van der Waals surface area contributed by atoms with Gasteiger partial charge < -0.3 is 14.8 Å². The fraction of sp³-hybridized carbons (Fsp3) is 0.345. The van der Waals surface area contributed by atoms with Crippen LogP contribution in [0.4, 0.5) is 0 Å². The number of benzene rings is 2. The standard InChI is InChI=1S/C29H29N7O7S3/c1-35-28(32-33-34-35)45-17-21-16-44-27-29(42-2,31-22(37)18-46(40,41)15-9-14-30)26(39)36(27)23(21)25(38)43-24(19-10-5-3-6-11-19)20-12-7-4-8-13-20/h3-8,10-13,24,27H,9,15-18H2,1-2H3,(H,31,37)/t27-,29-/m0/s1. The zero-order chi connectivity index (χ0) is 32.9. The number of tetrazole rings is 1. The number of hydrogen-bond donors (Lipinski definition) is 1. The Kier molecular flexibility index (Phi) is 10.1. The second-order valence-electron chi connectivity index (χ2n) is 10.3. The summed E-state index contributed by atoms with van der Waals surface area (Å²) in [4.78, 5) is 42.1. The molecule has 2 aromatic carbocycles. The maximum Gasteiger partial charge on any atom is 0.356 e. The third-order valence-corrected chi connectivity index (χ3v) is 11.2. The van der Waals surface area contributed by atoms with E-state index in [1.165, 1.54) is 40.2 Å². The van der Waals surface area contributed by atoms with Crippen LogP contribution in [0.5, 0.6) is 0 Å². The molecule has 3 aromatic rings. The van der Waals surface area contributed by atoms with Gasteiger partial charge in [-0.15, -0.1) is 16.9 Å². The SMILES string of the molecule is CO[C@@]1(NC(=O)CS(=O)(=O)CCC#N)C(=O)N2C(C(=O)OC(c3ccccc3)c3ccccc3)=C(CSc3nnnn3C)CS[C@H]21. The van der Waals surface area contributed by atoms with Crippen LogP contribution in [0.3, 0.4) is 0 Å². The van der Waals surface area contributed by atoms with Gasteiger partial charge in [0, 0.05) is 32.1 Å². The van der Waals surface area contributed by atoms with Crippen molar-refractivity contribution in [2.45, 2.75) is 28.8 Å². The van der Waals surface area contributed by atoms with Crippen LogP contribution in [0.2, 0.25) is 0 Å². The van der Waals surface area contributed by atoms with Gasteiger partial charge in [0.2, 0.25) is 11.1 Å². The summed E-state index contributed by atoms with van der Waals surface area (Å²) in [6.45, 7) is 0. The maximum absolute atomic E-state index is 14.2. The lowest BCUT2D eigenvalue weighted by atomic mass is 9.98. The molecule has 0 unspecified atom stereocenters. The van der Waals surface area contributed by atoms with E-state index in [1.54, 1.807) is 13.1 Å². The van der Waals surface area contributed by atoms with Crippen LogP contribution in [0, 0.1) is 11.3 Å². The zero-order valence-corrected chi connectivity index (χ0v) is 27.2. The first-order valence-corrected chi connectivity index (χ1v) is 17.7. The monoisotopic (exact) mass is 683 g/mol. The molecule has 2 amide bonds. The lowest BCUT2D eigenvalue weighted by molar-refractivity contribution is -0.192. The predicted octanol–water partition coefficient (Wildman–Crippen LogP) is 1.59. The number of β-lactam (4-membered cyclic amide) rings is 1. The second-order valence-corrected chi connectivity index (χ2v) is 14.5. The minimum absolute atomic E-state index is 0.00296. The lowest BCUT2D eigenvalue weighted by Crippen LogP contribution is -2.81. The number of aryl methyl sites for hydroxylation is 1. The van der Waals surface area contributed by atoms with Crippen molar-refractivity contribution >= 4 is 51.1 Å². The quantitative estimate of drug-likeness (QED) is 0.119. The molecule has 17 heteroatoms. The van der Waals surface area contributed by atoms with Crippen molar-refractivity contribution in [3.8, 4) is 6.07 Å². The Hall–Kier alpha value is -4.24. The molecule has 2 aliphatic heterocycles. The third kappa shape index (κ3) is 6.79. The van der Waals surface area contributed by atoms with E-state index >= 15 is 0 Å². The van der Waals surface area contributed by atoms with Crippen LogP contribution < -0.4 is 5.32 Å². The summed E-state index contributed by atoms with van der Waals surface area (Å²) in [5, 5.41) is 22.2. The summed E-state index contributed by atoms with van der Waals surface area (Å²) in [6.07, 6.45) is -1.07. The van der Waals surface area contributed by atoms with Crippen LogP contribution in [-0.2, 0) is 40.7 Å². The van der Waals surface area contributed by atoms with Gasteiger partial charge in [0.05, 0.1) is 11.8 Å². The fourth-order valence-corrected chi connectivity index (χ4v) is 8.45. The molecule has 14 nitrogen and oxygen atoms in total. The molecule has 0 saturated carbocycles. The Morgan fingerprint density at radius 2 is 1.83 bits per heavy atom. The first-order chi connectivity index (χ1) is 22.1. The maximum atomic E-state index is 14.2. The Morgan fingerprint density at radius 1 is 1.17 bits per heavy atom. The average molecular weight is 684 g/mol. The second kappa shape index (κ2) is 14.0. The number of nitrogens with one attached hydrogen (secondary N) is 1.